The van der Waals surface area contributed by atoms with E-state index in [4.69, 9.17) is 4.74 Å². The number of amides is 1. The second-order valence-electron chi connectivity index (χ2n) is 4.28. The average molecular weight is 249 g/mol. The van der Waals surface area contributed by atoms with Crippen molar-refractivity contribution in [1.82, 2.24) is 5.32 Å². The van der Waals surface area contributed by atoms with Crippen molar-refractivity contribution in [2.75, 3.05) is 6.61 Å². The van der Waals surface area contributed by atoms with E-state index in [1.165, 1.54) is 12.1 Å². The predicted molar refractivity (Wildman–Crippen MR) is 66.8 cm³/mol. The number of rotatable bonds is 4. The van der Waals surface area contributed by atoms with E-state index in [1.807, 2.05) is 6.08 Å². The van der Waals surface area contributed by atoms with Gasteiger partial charge in [0.25, 0.3) is 5.91 Å². The molecule has 96 valence electrons. The molecule has 0 spiro atoms. The summed E-state index contributed by atoms with van der Waals surface area (Å²) in [6.45, 7) is -0.0895. The molecule has 18 heavy (non-hydrogen) atoms. The van der Waals surface area contributed by atoms with Crippen LogP contribution in [0.3, 0.4) is 0 Å². The van der Waals surface area contributed by atoms with Gasteiger partial charge in [0, 0.05) is 12.1 Å². The van der Waals surface area contributed by atoms with E-state index in [2.05, 4.69) is 11.4 Å². The van der Waals surface area contributed by atoms with Gasteiger partial charge in [0.05, 0.1) is 0 Å². The summed E-state index contributed by atoms with van der Waals surface area (Å²) in [4.78, 5) is 11.6. The third-order valence-corrected chi connectivity index (χ3v) is 2.77. The normalized spacial score (nSPS) is 18.4. The van der Waals surface area contributed by atoms with Crippen LogP contribution in [0.5, 0.6) is 5.75 Å². The van der Waals surface area contributed by atoms with Gasteiger partial charge in [-0.05, 0) is 31.4 Å². The average Bonchev–Trinajstić information content (AvgIpc) is 2.38. The van der Waals surface area contributed by atoms with Gasteiger partial charge in [-0.2, -0.15) is 0 Å². The van der Waals surface area contributed by atoms with Gasteiger partial charge < -0.3 is 10.1 Å². The molecule has 4 heteroatoms. The van der Waals surface area contributed by atoms with E-state index >= 15 is 0 Å². The first kappa shape index (κ1) is 12.6. The largest absolute Gasteiger partial charge is 0.484 e. The van der Waals surface area contributed by atoms with E-state index < -0.39 is 0 Å². The highest BCUT2D eigenvalue weighted by Gasteiger charge is 2.11. The van der Waals surface area contributed by atoms with Gasteiger partial charge in [-0.15, -0.1) is 0 Å². The molecule has 0 bridgehead atoms. The Bertz CT molecular complexity index is 445. The molecule has 3 nitrogen and oxygen atoms in total. The molecule has 1 unspecified atom stereocenters. The van der Waals surface area contributed by atoms with Crippen LogP contribution in [-0.2, 0) is 4.79 Å². The molecule has 0 aliphatic heterocycles. The molecular formula is C14H16FNO2. The first-order chi connectivity index (χ1) is 8.74. The molecule has 1 aromatic rings. The first-order valence-electron chi connectivity index (χ1n) is 6.08. The number of hydrogen-bond donors (Lipinski definition) is 1. The number of nitrogens with one attached hydrogen (secondary N) is 1. The molecule has 0 fully saturated rings. The highest BCUT2D eigenvalue weighted by atomic mass is 19.1. The predicted octanol–water partition coefficient (Wildman–Crippen LogP) is 2.43. The molecule has 1 aliphatic carbocycles. The van der Waals surface area contributed by atoms with Crippen LogP contribution in [0.25, 0.3) is 0 Å². The third-order valence-electron chi connectivity index (χ3n) is 2.77. The number of halogens is 1. The number of benzene rings is 1. The summed E-state index contributed by atoms with van der Waals surface area (Å²) in [5, 5.41) is 2.86. The maximum Gasteiger partial charge on any atom is 0.258 e. The zero-order chi connectivity index (χ0) is 12.8. The molecule has 1 N–H and O–H groups in total. The van der Waals surface area contributed by atoms with Crippen molar-refractivity contribution in [2.24, 2.45) is 0 Å². The van der Waals surface area contributed by atoms with Gasteiger partial charge in [-0.3, -0.25) is 4.79 Å². The van der Waals surface area contributed by atoms with Crippen molar-refractivity contribution >= 4 is 5.91 Å². The molecule has 2 rings (SSSR count). The second kappa shape index (κ2) is 6.19. The van der Waals surface area contributed by atoms with E-state index in [0.717, 1.165) is 19.3 Å². The van der Waals surface area contributed by atoms with Gasteiger partial charge >= 0.3 is 0 Å². The van der Waals surface area contributed by atoms with Crippen LogP contribution in [0.15, 0.2) is 36.4 Å². The smallest absolute Gasteiger partial charge is 0.258 e. The third kappa shape index (κ3) is 3.87. The van der Waals surface area contributed by atoms with Crippen molar-refractivity contribution in [3.05, 3.63) is 42.2 Å². The Morgan fingerprint density at radius 3 is 3.11 bits per heavy atom. The van der Waals surface area contributed by atoms with Crippen LogP contribution in [0, 0.1) is 5.82 Å². The van der Waals surface area contributed by atoms with E-state index in [-0.39, 0.29) is 24.4 Å². The zero-order valence-electron chi connectivity index (χ0n) is 10.1. The lowest BCUT2D eigenvalue weighted by Crippen LogP contribution is -2.37. The van der Waals surface area contributed by atoms with Gasteiger partial charge in [0.1, 0.15) is 11.6 Å². The van der Waals surface area contributed by atoms with Crippen molar-refractivity contribution in [1.29, 1.82) is 0 Å². The quantitative estimate of drug-likeness (QED) is 0.832. The number of carbonyl (C=O) groups excluding carboxylic acids is 1. The van der Waals surface area contributed by atoms with E-state index in [0.29, 0.717) is 5.75 Å². The van der Waals surface area contributed by atoms with E-state index in [9.17, 15) is 9.18 Å². The maximum absolute atomic E-state index is 12.9. The van der Waals surface area contributed by atoms with Crippen LogP contribution in [0.4, 0.5) is 4.39 Å². The van der Waals surface area contributed by atoms with Crippen molar-refractivity contribution < 1.29 is 13.9 Å². The standard InChI is InChI=1S/C14H16FNO2/c15-11-5-4-8-13(9-11)18-10-14(17)16-12-6-2-1-3-7-12/h2,4-6,8-9,12H,1,3,7,10H2,(H,16,17). The van der Waals surface area contributed by atoms with Crippen LogP contribution in [0.2, 0.25) is 0 Å². The van der Waals surface area contributed by atoms with Crippen LogP contribution in [-0.4, -0.2) is 18.6 Å². The zero-order valence-corrected chi connectivity index (χ0v) is 10.1. The molecule has 1 amide bonds. The highest BCUT2D eigenvalue weighted by Crippen LogP contribution is 2.12. The summed E-state index contributed by atoms with van der Waals surface area (Å²) in [5.74, 6) is -0.191. The molecule has 0 heterocycles. The number of allylic oxidation sites excluding steroid dienone is 1. The molecule has 0 saturated carbocycles. The lowest BCUT2D eigenvalue weighted by Gasteiger charge is -2.18. The Hall–Kier alpha value is -1.84. The molecule has 1 aliphatic rings. The molecular weight excluding hydrogens is 233 g/mol. The lowest BCUT2D eigenvalue weighted by molar-refractivity contribution is -0.123. The first-order valence-corrected chi connectivity index (χ1v) is 6.08. The lowest BCUT2D eigenvalue weighted by atomic mass is 10.0. The highest BCUT2D eigenvalue weighted by molar-refractivity contribution is 5.78. The Morgan fingerprint density at radius 2 is 2.39 bits per heavy atom. The topological polar surface area (TPSA) is 38.3 Å². The van der Waals surface area contributed by atoms with Gasteiger partial charge in [-0.25, -0.2) is 4.39 Å². The summed E-state index contributed by atoms with van der Waals surface area (Å²) < 4.78 is 18.1. The monoisotopic (exact) mass is 249 g/mol. The minimum atomic E-state index is -0.372. The summed E-state index contributed by atoms with van der Waals surface area (Å²) in [5.41, 5.74) is 0. The summed E-state index contributed by atoms with van der Waals surface area (Å²) in [6.07, 6.45) is 7.20. The SMILES string of the molecule is O=C(COc1cccc(F)c1)NC1C=CCCC1. The van der Waals surface area contributed by atoms with Crippen LogP contribution >= 0.6 is 0 Å². The van der Waals surface area contributed by atoms with Crippen LogP contribution in [0.1, 0.15) is 19.3 Å². The fraction of sp³-hybridized carbons (Fsp3) is 0.357. The summed E-state index contributed by atoms with van der Waals surface area (Å²) in [7, 11) is 0. The Kier molecular flexibility index (Phi) is 4.34. The Balaban J connectivity index is 1.77. The summed E-state index contributed by atoms with van der Waals surface area (Å²) >= 11 is 0. The minimum absolute atomic E-state index is 0.0895. The fourth-order valence-electron chi connectivity index (χ4n) is 1.89. The molecule has 1 atom stereocenters. The van der Waals surface area contributed by atoms with Gasteiger partial charge in [0.2, 0.25) is 0 Å². The molecule has 0 aromatic heterocycles. The number of hydrogen-bond acceptors (Lipinski definition) is 2. The number of ether oxygens (including phenoxy) is 1. The second-order valence-corrected chi connectivity index (χ2v) is 4.28. The fourth-order valence-corrected chi connectivity index (χ4v) is 1.89. The van der Waals surface area contributed by atoms with Crippen molar-refractivity contribution in [3.8, 4) is 5.75 Å². The summed E-state index contributed by atoms with van der Waals surface area (Å²) in [6, 6.07) is 5.86. The van der Waals surface area contributed by atoms with Crippen molar-refractivity contribution in [2.45, 2.75) is 25.3 Å². The Labute approximate surface area is 106 Å². The van der Waals surface area contributed by atoms with Crippen molar-refractivity contribution in [3.63, 3.8) is 0 Å². The van der Waals surface area contributed by atoms with Gasteiger partial charge in [0.15, 0.2) is 6.61 Å². The minimum Gasteiger partial charge on any atom is -0.484 e. The molecule has 0 saturated heterocycles. The number of carbonyl (C=O) groups is 1. The van der Waals surface area contributed by atoms with E-state index in [1.54, 1.807) is 12.1 Å². The van der Waals surface area contributed by atoms with Crippen LogP contribution < -0.4 is 10.1 Å². The maximum atomic E-state index is 12.9. The molecule has 0 radical (unpaired) electrons. The molecule has 1 aromatic carbocycles. The Morgan fingerprint density at radius 1 is 1.50 bits per heavy atom. The van der Waals surface area contributed by atoms with Gasteiger partial charge in [-0.1, -0.05) is 18.2 Å².